The molecule has 3 aliphatic rings. The molecule has 4 nitrogen and oxygen atoms in total. The van der Waals surface area contributed by atoms with Crippen molar-refractivity contribution in [2.24, 2.45) is 0 Å². The Bertz CT molecular complexity index is 942. The van der Waals surface area contributed by atoms with Gasteiger partial charge in [-0.05, 0) is 72.6 Å². The van der Waals surface area contributed by atoms with Crippen LogP contribution >= 0.6 is 8.58 Å². The number of likely N-dealkylation sites (N-methyl/N-ethyl adjacent to an activating group) is 1. The summed E-state index contributed by atoms with van der Waals surface area (Å²) in [6.07, 6.45) is 9.48. The summed E-state index contributed by atoms with van der Waals surface area (Å²) in [5.41, 5.74) is 6.02. The van der Waals surface area contributed by atoms with Crippen LogP contribution in [0.15, 0.2) is 59.3 Å². The SMILES string of the molecule is COc1ccc(C2=CC(=O)N3C=C(C4=CCN(C)CC4)C=C(C)C3P2)cc1C. The van der Waals surface area contributed by atoms with E-state index in [0.717, 1.165) is 41.7 Å². The predicted octanol–water partition coefficient (Wildman–Crippen LogP) is 4.30. The molecule has 1 amide bonds. The van der Waals surface area contributed by atoms with Crippen molar-refractivity contribution in [2.45, 2.75) is 26.1 Å². The Hall–Kier alpha value is -2.16. The largest absolute Gasteiger partial charge is 0.496 e. The smallest absolute Gasteiger partial charge is 0.252 e. The van der Waals surface area contributed by atoms with E-state index in [1.165, 1.54) is 16.7 Å². The van der Waals surface area contributed by atoms with Gasteiger partial charge in [-0.2, -0.15) is 0 Å². The zero-order valence-electron chi connectivity index (χ0n) is 17.0. The molecule has 28 heavy (non-hydrogen) atoms. The van der Waals surface area contributed by atoms with Crippen molar-refractivity contribution in [3.8, 4) is 5.75 Å². The standard InChI is InChI=1S/C23H27N2O2P/c1-15-11-18(5-6-20(15)27-4)21-13-22(26)25-14-19(12-16(2)23(25)28-21)17-7-9-24(3)10-8-17/h5-7,11-14,23,28H,8-10H2,1-4H3. The minimum Gasteiger partial charge on any atom is -0.496 e. The number of benzene rings is 1. The van der Waals surface area contributed by atoms with Gasteiger partial charge in [0.25, 0.3) is 5.91 Å². The molecule has 146 valence electrons. The van der Waals surface area contributed by atoms with Crippen LogP contribution in [0.4, 0.5) is 0 Å². The van der Waals surface area contributed by atoms with E-state index in [0.29, 0.717) is 8.58 Å². The Balaban J connectivity index is 1.63. The maximum absolute atomic E-state index is 13.0. The molecule has 1 aromatic carbocycles. The summed E-state index contributed by atoms with van der Waals surface area (Å²) in [4.78, 5) is 17.2. The number of allylic oxidation sites excluding steroid dienone is 2. The van der Waals surface area contributed by atoms with Crippen LogP contribution < -0.4 is 4.74 Å². The lowest BCUT2D eigenvalue weighted by atomic mass is 9.96. The molecule has 0 bridgehead atoms. The summed E-state index contributed by atoms with van der Waals surface area (Å²) in [5, 5.41) is 1.13. The molecule has 0 fully saturated rings. The monoisotopic (exact) mass is 394 g/mol. The van der Waals surface area contributed by atoms with E-state index in [1.807, 2.05) is 24.0 Å². The summed E-state index contributed by atoms with van der Waals surface area (Å²) in [6.45, 7) is 6.23. The lowest BCUT2D eigenvalue weighted by Crippen LogP contribution is -2.38. The Morgan fingerprint density at radius 2 is 2.04 bits per heavy atom. The number of rotatable bonds is 3. The number of hydrogen-bond acceptors (Lipinski definition) is 3. The fourth-order valence-electron chi connectivity index (χ4n) is 3.99. The van der Waals surface area contributed by atoms with E-state index in [4.69, 9.17) is 4.74 Å². The number of amides is 1. The first kappa shape index (κ1) is 19.2. The Kier molecular flexibility index (Phi) is 5.27. The van der Waals surface area contributed by atoms with Crippen LogP contribution in [0, 0.1) is 6.92 Å². The normalized spacial score (nSPS) is 23.6. The van der Waals surface area contributed by atoms with Crippen LogP contribution in [-0.4, -0.2) is 48.7 Å². The molecular formula is C23H27N2O2P. The molecule has 5 heteroatoms. The van der Waals surface area contributed by atoms with Crippen LogP contribution in [0.1, 0.15) is 24.5 Å². The fraction of sp³-hybridized carbons (Fsp3) is 0.348. The molecule has 2 atom stereocenters. The van der Waals surface area contributed by atoms with Gasteiger partial charge in [-0.3, -0.25) is 4.79 Å². The highest BCUT2D eigenvalue weighted by Crippen LogP contribution is 2.47. The molecule has 0 aliphatic carbocycles. The fourth-order valence-corrected chi connectivity index (χ4v) is 5.46. The lowest BCUT2D eigenvalue weighted by molar-refractivity contribution is -0.123. The molecule has 4 rings (SSSR count). The minimum atomic E-state index is 0.0747. The van der Waals surface area contributed by atoms with Gasteiger partial charge < -0.3 is 14.5 Å². The number of fused-ring (bicyclic) bond motifs is 1. The van der Waals surface area contributed by atoms with Crippen molar-refractivity contribution >= 4 is 19.8 Å². The van der Waals surface area contributed by atoms with E-state index in [-0.39, 0.29) is 11.7 Å². The second-order valence-electron chi connectivity index (χ2n) is 7.75. The van der Waals surface area contributed by atoms with Crippen molar-refractivity contribution in [1.29, 1.82) is 0 Å². The average molecular weight is 394 g/mol. The third-order valence-corrected chi connectivity index (χ3v) is 7.43. The number of methoxy groups -OCH3 is 1. The molecule has 0 aromatic heterocycles. The number of aryl methyl sites for hydroxylation is 1. The minimum absolute atomic E-state index is 0.0747. The molecule has 0 spiro atoms. The van der Waals surface area contributed by atoms with Gasteiger partial charge >= 0.3 is 0 Å². The number of nitrogens with zero attached hydrogens (tertiary/aromatic N) is 2. The maximum atomic E-state index is 13.0. The molecule has 1 aromatic rings. The first-order chi connectivity index (χ1) is 13.5. The Morgan fingerprint density at radius 3 is 2.71 bits per heavy atom. The predicted molar refractivity (Wildman–Crippen MR) is 117 cm³/mol. The van der Waals surface area contributed by atoms with Crippen molar-refractivity contribution in [1.82, 2.24) is 9.80 Å². The van der Waals surface area contributed by atoms with Gasteiger partial charge in [0.1, 0.15) is 5.75 Å². The van der Waals surface area contributed by atoms with Gasteiger partial charge in [-0.25, -0.2) is 0 Å². The van der Waals surface area contributed by atoms with Gasteiger partial charge in [0.2, 0.25) is 0 Å². The molecule has 3 heterocycles. The number of hydrogen-bond donors (Lipinski definition) is 0. The van der Waals surface area contributed by atoms with Gasteiger partial charge in [0.15, 0.2) is 0 Å². The van der Waals surface area contributed by atoms with Crippen LogP contribution in [0.25, 0.3) is 5.31 Å². The molecule has 0 radical (unpaired) electrons. The summed E-state index contributed by atoms with van der Waals surface area (Å²) < 4.78 is 5.37. The van der Waals surface area contributed by atoms with E-state index in [9.17, 15) is 4.79 Å². The van der Waals surface area contributed by atoms with Crippen molar-refractivity contribution in [3.63, 3.8) is 0 Å². The highest BCUT2D eigenvalue weighted by Gasteiger charge is 2.32. The van der Waals surface area contributed by atoms with E-state index in [1.54, 1.807) is 7.11 Å². The second kappa shape index (κ2) is 7.69. The van der Waals surface area contributed by atoms with Crippen molar-refractivity contribution < 1.29 is 9.53 Å². The molecule has 0 saturated carbocycles. The third-order valence-electron chi connectivity index (χ3n) is 5.67. The van der Waals surface area contributed by atoms with Crippen molar-refractivity contribution in [3.05, 3.63) is 70.5 Å². The average Bonchev–Trinajstić information content (AvgIpc) is 2.69. The third kappa shape index (κ3) is 3.59. The summed E-state index contributed by atoms with van der Waals surface area (Å²) in [5.74, 6) is 1.08. The Labute approximate surface area is 169 Å². The van der Waals surface area contributed by atoms with Gasteiger partial charge in [-0.1, -0.05) is 26.8 Å². The number of carbonyl (C=O) groups excluding carboxylic acids is 1. The topological polar surface area (TPSA) is 32.8 Å². The van der Waals surface area contributed by atoms with E-state index >= 15 is 0 Å². The molecule has 0 saturated heterocycles. The lowest BCUT2D eigenvalue weighted by Gasteiger charge is -2.37. The van der Waals surface area contributed by atoms with Gasteiger partial charge in [0, 0.05) is 25.4 Å². The molecule has 2 unspecified atom stereocenters. The Morgan fingerprint density at radius 1 is 1.21 bits per heavy atom. The number of carbonyl (C=O) groups is 1. The maximum Gasteiger partial charge on any atom is 0.252 e. The van der Waals surface area contributed by atoms with Crippen LogP contribution in [0.3, 0.4) is 0 Å². The van der Waals surface area contributed by atoms with E-state index < -0.39 is 0 Å². The van der Waals surface area contributed by atoms with Crippen molar-refractivity contribution in [2.75, 3.05) is 27.2 Å². The van der Waals surface area contributed by atoms with Crippen LogP contribution in [0.2, 0.25) is 0 Å². The van der Waals surface area contributed by atoms with Crippen LogP contribution in [0.5, 0.6) is 5.75 Å². The first-order valence-corrected chi connectivity index (χ1v) is 10.8. The summed E-state index contributed by atoms with van der Waals surface area (Å²) >= 11 is 0. The highest BCUT2D eigenvalue weighted by atomic mass is 31.1. The van der Waals surface area contributed by atoms with Gasteiger partial charge in [-0.15, -0.1) is 0 Å². The molecule has 0 N–H and O–H groups in total. The quantitative estimate of drug-likeness (QED) is 0.717. The molecule has 3 aliphatic heterocycles. The zero-order chi connectivity index (χ0) is 19.8. The van der Waals surface area contributed by atoms with E-state index in [2.05, 4.69) is 49.4 Å². The van der Waals surface area contributed by atoms with Crippen LogP contribution in [-0.2, 0) is 4.79 Å². The number of ether oxygens (including phenoxy) is 1. The van der Waals surface area contributed by atoms with Gasteiger partial charge in [0.05, 0.1) is 12.9 Å². The second-order valence-corrected chi connectivity index (χ2v) is 9.12. The first-order valence-electron chi connectivity index (χ1n) is 9.70. The zero-order valence-corrected chi connectivity index (χ0v) is 18.0. The molecular weight excluding hydrogens is 367 g/mol. The summed E-state index contributed by atoms with van der Waals surface area (Å²) in [6, 6.07) is 6.16. The highest BCUT2D eigenvalue weighted by molar-refractivity contribution is 7.51. The summed E-state index contributed by atoms with van der Waals surface area (Å²) in [7, 11) is 4.37.